The van der Waals surface area contributed by atoms with E-state index in [-0.39, 0.29) is 11.4 Å². The molecule has 2 aromatic carbocycles. The number of pyridine rings is 1. The molecular weight excluding hydrogens is 372 g/mol. The van der Waals surface area contributed by atoms with Crippen LogP contribution in [-0.2, 0) is 23.0 Å². The summed E-state index contributed by atoms with van der Waals surface area (Å²) in [6, 6.07) is 20.4. The van der Waals surface area contributed by atoms with Crippen LogP contribution in [0, 0.1) is 6.92 Å². The van der Waals surface area contributed by atoms with Gasteiger partial charge in [-0.25, -0.2) is 8.42 Å². The fourth-order valence-electron chi connectivity index (χ4n) is 3.03. The van der Waals surface area contributed by atoms with Gasteiger partial charge < -0.3 is 4.74 Å². The van der Waals surface area contributed by atoms with Gasteiger partial charge in [0.05, 0.1) is 24.2 Å². The van der Waals surface area contributed by atoms with Crippen molar-refractivity contribution in [2.75, 3.05) is 13.7 Å². The van der Waals surface area contributed by atoms with Crippen molar-refractivity contribution in [3.63, 3.8) is 0 Å². The maximum absolute atomic E-state index is 13.4. The molecule has 6 heteroatoms. The SMILES string of the molecule is COc1ccc(S(=O)(=O)N(CCc2ccccc2)Cc2ccccn2)c(C)c1. The third-order valence-corrected chi connectivity index (χ3v) is 6.56. The molecule has 0 spiro atoms. The number of sulfonamides is 1. The molecule has 0 fully saturated rings. The Labute approximate surface area is 166 Å². The van der Waals surface area contributed by atoms with Crippen molar-refractivity contribution in [1.82, 2.24) is 9.29 Å². The highest BCUT2D eigenvalue weighted by Gasteiger charge is 2.26. The quantitative estimate of drug-likeness (QED) is 0.581. The van der Waals surface area contributed by atoms with Gasteiger partial charge >= 0.3 is 0 Å². The first-order chi connectivity index (χ1) is 13.5. The third-order valence-electron chi connectivity index (χ3n) is 4.56. The second-order valence-electron chi connectivity index (χ2n) is 6.53. The first-order valence-electron chi connectivity index (χ1n) is 9.09. The van der Waals surface area contributed by atoms with E-state index < -0.39 is 10.0 Å². The number of benzene rings is 2. The standard InChI is InChI=1S/C22H24N2O3S/c1-18-16-21(27-2)11-12-22(18)28(25,26)24(17-20-10-6-7-14-23-20)15-13-19-8-4-3-5-9-19/h3-12,14,16H,13,15,17H2,1-2H3. The van der Waals surface area contributed by atoms with Gasteiger partial charge in [0.1, 0.15) is 5.75 Å². The highest BCUT2D eigenvalue weighted by atomic mass is 32.2. The van der Waals surface area contributed by atoms with Gasteiger partial charge in [-0.1, -0.05) is 36.4 Å². The Bertz CT molecular complexity index is 1010. The van der Waals surface area contributed by atoms with Crippen LogP contribution in [0.15, 0.2) is 77.8 Å². The van der Waals surface area contributed by atoms with Crippen LogP contribution in [0.25, 0.3) is 0 Å². The zero-order valence-electron chi connectivity index (χ0n) is 16.1. The second kappa shape index (κ2) is 8.99. The monoisotopic (exact) mass is 396 g/mol. The molecule has 28 heavy (non-hydrogen) atoms. The molecule has 3 rings (SSSR count). The summed E-state index contributed by atoms with van der Waals surface area (Å²) < 4.78 is 33.6. The second-order valence-corrected chi connectivity index (χ2v) is 8.43. The van der Waals surface area contributed by atoms with Crippen molar-refractivity contribution in [1.29, 1.82) is 0 Å². The molecule has 1 aromatic heterocycles. The van der Waals surface area contributed by atoms with E-state index in [0.717, 1.165) is 5.56 Å². The maximum atomic E-state index is 13.4. The summed E-state index contributed by atoms with van der Waals surface area (Å²) in [4.78, 5) is 4.59. The van der Waals surface area contributed by atoms with E-state index >= 15 is 0 Å². The molecular formula is C22H24N2O3S. The van der Waals surface area contributed by atoms with Crippen molar-refractivity contribution in [2.24, 2.45) is 0 Å². The first kappa shape index (κ1) is 20.0. The molecule has 5 nitrogen and oxygen atoms in total. The molecule has 3 aromatic rings. The summed E-state index contributed by atoms with van der Waals surface area (Å²) in [6.45, 7) is 2.38. The number of aromatic nitrogens is 1. The number of rotatable bonds is 8. The van der Waals surface area contributed by atoms with Crippen molar-refractivity contribution in [3.8, 4) is 5.75 Å². The van der Waals surface area contributed by atoms with E-state index in [1.807, 2.05) is 48.5 Å². The number of aryl methyl sites for hydroxylation is 1. The molecule has 0 saturated carbocycles. The summed E-state index contributed by atoms with van der Waals surface area (Å²) >= 11 is 0. The zero-order chi connectivity index (χ0) is 20.0. The first-order valence-corrected chi connectivity index (χ1v) is 10.5. The Morgan fingerprint density at radius 2 is 1.75 bits per heavy atom. The molecule has 0 aliphatic rings. The van der Waals surface area contributed by atoms with Crippen molar-refractivity contribution in [3.05, 3.63) is 89.7 Å². The topological polar surface area (TPSA) is 59.5 Å². The molecule has 0 bridgehead atoms. The highest BCUT2D eigenvalue weighted by molar-refractivity contribution is 7.89. The highest BCUT2D eigenvalue weighted by Crippen LogP contribution is 2.25. The van der Waals surface area contributed by atoms with Gasteiger partial charge in [-0.2, -0.15) is 4.31 Å². The lowest BCUT2D eigenvalue weighted by Crippen LogP contribution is -2.33. The maximum Gasteiger partial charge on any atom is 0.243 e. The smallest absolute Gasteiger partial charge is 0.243 e. The van der Waals surface area contributed by atoms with Gasteiger partial charge in [0.25, 0.3) is 0 Å². The van der Waals surface area contributed by atoms with E-state index in [2.05, 4.69) is 4.98 Å². The van der Waals surface area contributed by atoms with E-state index in [9.17, 15) is 8.42 Å². The Balaban J connectivity index is 1.92. The van der Waals surface area contributed by atoms with E-state index in [4.69, 9.17) is 4.74 Å². The number of nitrogens with zero attached hydrogens (tertiary/aromatic N) is 2. The van der Waals surface area contributed by atoms with E-state index in [1.54, 1.807) is 38.4 Å². The fraction of sp³-hybridized carbons (Fsp3) is 0.227. The van der Waals surface area contributed by atoms with Crippen LogP contribution in [-0.4, -0.2) is 31.4 Å². The van der Waals surface area contributed by atoms with Crippen molar-refractivity contribution in [2.45, 2.75) is 24.8 Å². The number of methoxy groups -OCH3 is 1. The molecule has 0 aliphatic heterocycles. The summed E-state index contributed by atoms with van der Waals surface area (Å²) in [5.41, 5.74) is 2.46. The average molecular weight is 397 g/mol. The van der Waals surface area contributed by atoms with Crippen LogP contribution in [0.5, 0.6) is 5.75 Å². The summed E-state index contributed by atoms with van der Waals surface area (Å²) in [5, 5.41) is 0. The van der Waals surface area contributed by atoms with Crippen LogP contribution in [0.4, 0.5) is 0 Å². The largest absolute Gasteiger partial charge is 0.497 e. The number of ether oxygens (including phenoxy) is 1. The molecule has 0 aliphatic carbocycles. The Hall–Kier alpha value is -2.70. The molecule has 0 N–H and O–H groups in total. The van der Waals surface area contributed by atoms with Gasteiger partial charge in [-0.15, -0.1) is 0 Å². The lowest BCUT2D eigenvalue weighted by molar-refractivity contribution is 0.403. The van der Waals surface area contributed by atoms with Gasteiger partial charge in [0.2, 0.25) is 10.0 Å². The van der Waals surface area contributed by atoms with Gasteiger partial charge in [0.15, 0.2) is 0 Å². The number of hydrogen-bond donors (Lipinski definition) is 0. The minimum absolute atomic E-state index is 0.224. The van der Waals surface area contributed by atoms with Crippen molar-refractivity contribution >= 4 is 10.0 Å². The zero-order valence-corrected chi connectivity index (χ0v) is 16.9. The summed E-state index contributed by atoms with van der Waals surface area (Å²) in [6.07, 6.45) is 2.30. The normalized spacial score (nSPS) is 11.5. The molecule has 146 valence electrons. The predicted molar refractivity (Wildman–Crippen MR) is 110 cm³/mol. The molecule has 1 heterocycles. The Kier molecular flexibility index (Phi) is 6.44. The van der Waals surface area contributed by atoms with E-state index in [1.165, 1.54) is 4.31 Å². The lowest BCUT2D eigenvalue weighted by atomic mass is 10.1. The third kappa shape index (κ3) is 4.77. The van der Waals surface area contributed by atoms with Crippen LogP contribution in [0.2, 0.25) is 0 Å². The minimum atomic E-state index is -3.69. The molecule has 0 radical (unpaired) electrons. The van der Waals surface area contributed by atoms with Crippen LogP contribution < -0.4 is 4.74 Å². The average Bonchev–Trinajstić information content (AvgIpc) is 2.72. The summed E-state index contributed by atoms with van der Waals surface area (Å²) in [5.74, 6) is 0.636. The van der Waals surface area contributed by atoms with E-state index in [0.29, 0.717) is 30.0 Å². The predicted octanol–water partition coefficient (Wildman–Crippen LogP) is 3.83. The van der Waals surface area contributed by atoms with Crippen LogP contribution in [0.1, 0.15) is 16.8 Å². The fourth-order valence-corrected chi connectivity index (χ4v) is 4.65. The van der Waals surface area contributed by atoms with Crippen molar-refractivity contribution < 1.29 is 13.2 Å². The summed E-state index contributed by atoms with van der Waals surface area (Å²) in [7, 11) is -2.12. The van der Waals surface area contributed by atoms with Crippen LogP contribution in [0.3, 0.4) is 0 Å². The Morgan fingerprint density at radius 1 is 1.00 bits per heavy atom. The molecule has 0 saturated heterocycles. The minimum Gasteiger partial charge on any atom is -0.497 e. The molecule has 0 atom stereocenters. The lowest BCUT2D eigenvalue weighted by Gasteiger charge is -2.23. The van der Waals surface area contributed by atoms with Gasteiger partial charge in [0, 0.05) is 12.7 Å². The Morgan fingerprint density at radius 3 is 2.39 bits per heavy atom. The van der Waals surface area contributed by atoms with Gasteiger partial charge in [-0.3, -0.25) is 4.98 Å². The molecule has 0 unspecified atom stereocenters. The molecule has 0 amide bonds. The van der Waals surface area contributed by atoms with Gasteiger partial charge in [-0.05, 0) is 54.8 Å². The van der Waals surface area contributed by atoms with Crippen LogP contribution >= 0.6 is 0 Å². The number of hydrogen-bond acceptors (Lipinski definition) is 4.